The van der Waals surface area contributed by atoms with E-state index in [9.17, 15) is 4.79 Å². The van der Waals surface area contributed by atoms with Crippen LogP contribution < -0.4 is 14.8 Å². The van der Waals surface area contributed by atoms with Crippen LogP contribution in [0.15, 0.2) is 28.8 Å². The van der Waals surface area contributed by atoms with Crippen LogP contribution in [0.25, 0.3) is 6.08 Å². The third-order valence-corrected chi connectivity index (χ3v) is 5.34. The van der Waals surface area contributed by atoms with E-state index in [0.717, 1.165) is 42.2 Å². The van der Waals surface area contributed by atoms with Crippen molar-refractivity contribution in [3.63, 3.8) is 0 Å². The van der Waals surface area contributed by atoms with Crippen molar-refractivity contribution in [2.45, 2.75) is 39.7 Å². The Labute approximate surface area is 178 Å². The predicted molar refractivity (Wildman–Crippen MR) is 116 cm³/mol. The first-order chi connectivity index (χ1) is 14.6. The first kappa shape index (κ1) is 21.9. The lowest BCUT2D eigenvalue weighted by atomic mass is 10.1. The van der Waals surface area contributed by atoms with E-state index in [1.54, 1.807) is 19.3 Å². The molecule has 1 fully saturated rings. The van der Waals surface area contributed by atoms with Gasteiger partial charge in [-0.05, 0) is 63.6 Å². The topological polar surface area (TPSA) is 76.8 Å². The van der Waals surface area contributed by atoms with E-state index in [0.29, 0.717) is 24.7 Å². The Morgan fingerprint density at radius 2 is 2.03 bits per heavy atom. The number of hydrogen-bond acceptors (Lipinski definition) is 6. The highest BCUT2D eigenvalue weighted by Crippen LogP contribution is 2.30. The average Bonchev–Trinajstić information content (AvgIpc) is 3.09. The maximum atomic E-state index is 12.1. The summed E-state index contributed by atoms with van der Waals surface area (Å²) < 4.78 is 16.5. The van der Waals surface area contributed by atoms with Gasteiger partial charge in [-0.15, -0.1) is 0 Å². The molecule has 1 aromatic heterocycles. The van der Waals surface area contributed by atoms with Gasteiger partial charge >= 0.3 is 0 Å². The second-order valence-electron chi connectivity index (χ2n) is 7.53. The van der Waals surface area contributed by atoms with Crippen molar-refractivity contribution >= 4 is 12.0 Å². The van der Waals surface area contributed by atoms with Crippen LogP contribution in [0.2, 0.25) is 0 Å². The van der Waals surface area contributed by atoms with Crippen LogP contribution >= 0.6 is 0 Å². The van der Waals surface area contributed by atoms with Crippen molar-refractivity contribution in [1.82, 2.24) is 15.4 Å². The summed E-state index contributed by atoms with van der Waals surface area (Å²) in [5, 5.41) is 6.89. The lowest BCUT2D eigenvalue weighted by Gasteiger charge is -2.26. The van der Waals surface area contributed by atoms with E-state index in [1.807, 2.05) is 32.0 Å². The summed E-state index contributed by atoms with van der Waals surface area (Å²) in [7, 11) is 1.60. The number of amides is 1. The third-order valence-electron chi connectivity index (χ3n) is 5.34. The maximum absolute atomic E-state index is 12.1. The lowest BCUT2D eigenvalue weighted by molar-refractivity contribution is -0.116. The standard InChI is InChI=1S/C23H31N3O4/c1-17-20(18(2)30-25-17)16-29-21-9-7-19(15-22(21)28-3)8-10-23(27)24-11-14-26-12-5-4-6-13-26/h7-10,15H,4-6,11-14,16H2,1-3H3,(H,24,27)/b10-8+. The van der Waals surface area contributed by atoms with Crippen LogP contribution in [0.3, 0.4) is 0 Å². The van der Waals surface area contributed by atoms with Crippen LogP contribution in [-0.4, -0.2) is 49.3 Å². The molecule has 7 nitrogen and oxygen atoms in total. The lowest BCUT2D eigenvalue weighted by Crippen LogP contribution is -2.37. The third kappa shape index (κ3) is 6.10. The predicted octanol–water partition coefficient (Wildman–Crippen LogP) is 3.49. The normalized spacial score (nSPS) is 14.8. The van der Waals surface area contributed by atoms with Gasteiger partial charge in [0.05, 0.1) is 18.4 Å². The molecule has 1 amide bonds. The molecule has 0 saturated carbocycles. The first-order valence-electron chi connectivity index (χ1n) is 10.5. The molecule has 0 bridgehead atoms. The molecule has 1 aliphatic rings. The average molecular weight is 414 g/mol. The Bertz CT molecular complexity index is 850. The summed E-state index contributed by atoms with van der Waals surface area (Å²) in [5.41, 5.74) is 2.61. The van der Waals surface area contributed by atoms with E-state index in [4.69, 9.17) is 14.0 Å². The van der Waals surface area contributed by atoms with E-state index in [2.05, 4.69) is 15.4 Å². The number of carbonyl (C=O) groups is 1. The molecule has 1 saturated heterocycles. The number of ether oxygens (including phenoxy) is 2. The SMILES string of the molecule is COc1cc(/C=C/C(=O)NCCN2CCCCC2)ccc1OCc1c(C)noc1C. The van der Waals surface area contributed by atoms with Gasteiger partial charge in [-0.1, -0.05) is 17.6 Å². The molecule has 2 aromatic rings. The van der Waals surface area contributed by atoms with Crippen LogP contribution in [0, 0.1) is 13.8 Å². The van der Waals surface area contributed by atoms with Gasteiger partial charge in [0.1, 0.15) is 12.4 Å². The maximum Gasteiger partial charge on any atom is 0.244 e. The van der Waals surface area contributed by atoms with E-state index < -0.39 is 0 Å². The molecule has 1 aromatic carbocycles. The minimum absolute atomic E-state index is 0.0929. The Kier molecular flexibility index (Phi) is 7.90. The van der Waals surface area contributed by atoms with Crippen molar-refractivity contribution in [2.75, 3.05) is 33.3 Å². The van der Waals surface area contributed by atoms with Gasteiger partial charge in [-0.2, -0.15) is 0 Å². The van der Waals surface area contributed by atoms with Crippen LogP contribution in [-0.2, 0) is 11.4 Å². The molecule has 2 heterocycles. The number of nitrogens with zero attached hydrogens (tertiary/aromatic N) is 2. The number of likely N-dealkylation sites (tertiary alicyclic amines) is 1. The zero-order valence-electron chi connectivity index (χ0n) is 18.1. The highest BCUT2D eigenvalue weighted by Gasteiger charge is 2.12. The molecule has 0 atom stereocenters. The molecule has 0 spiro atoms. The summed E-state index contributed by atoms with van der Waals surface area (Å²) in [6.45, 7) is 7.95. The quantitative estimate of drug-likeness (QED) is 0.634. The fraction of sp³-hybridized carbons (Fsp3) is 0.478. The Balaban J connectivity index is 1.51. The van der Waals surface area contributed by atoms with Crippen LogP contribution in [0.5, 0.6) is 11.5 Å². The summed E-state index contributed by atoms with van der Waals surface area (Å²) in [4.78, 5) is 14.5. The molecule has 1 aliphatic heterocycles. The van der Waals surface area contributed by atoms with Gasteiger partial charge in [0.15, 0.2) is 11.5 Å². The summed E-state index contributed by atoms with van der Waals surface area (Å²) in [6.07, 6.45) is 7.16. The minimum atomic E-state index is -0.0929. The Morgan fingerprint density at radius 1 is 1.23 bits per heavy atom. The summed E-state index contributed by atoms with van der Waals surface area (Å²) in [5.74, 6) is 1.89. The molecule has 30 heavy (non-hydrogen) atoms. The molecule has 7 heteroatoms. The molecule has 1 N–H and O–H groups in total. The number of carbonyl (C=O) groups excluding carboxylic acids is 1. The van der Waals surface area contributed by atoms with Crippen molar-refractivity contribution < 1.29 is 18.8 Å². The zero-order valence-corrected chi connectivity index (χ0v) is 18.1. The van der Waals surface area contributed by atoms with Gasteiger partial charge in [0, 0.05) is 19.2 Å². The van der Waals surface area contributed by atoms with Crippen molar-refractivity contribution in [3.8, 4) is 11.5 Å². The minimum Gasteiger partial charge on any atom is -0.493 e. The largest absolute Gasteiger partial charge is 0.493 e. The summed E-state index contributed by atoms with van der Waals surface area (Å²) >= 11 is 0. The molecule has 162 valence electrons. The second-order valence-corrected chi connectivity index (χ2v) is 7.53. The first-order valence-corrected chi connectivity index (χ1v) is 10.5. The fourth-order valence-electron chi connectivity index (χ4n) is 3.52. The smallest absolute Gasteiger partial charge is 0.244 e. The number of aromatic nitrogens is 1. The number of nitrogens with one attached hydrogen (secondary N) is 1. The van der Waals surface area contributed by atoms with Crippen molar-refractivity contribution in [1.29, 1.82) is 0 Å². The molecular formula is C23H31N3O4. The number of piperidine rings is 1. The number of methoxy groups -OCH3 is 1. The van der Waals surface area contributed by atoms with Gasteiger partial charge in [0.2, 0.25) is 5.91 Å². The molecule has 0 unspecified atom stereocenters. The van der Waals surface area contributed by atoms with Crippen molar-refractivity contribution in [3.05, 3.63) is 46.9 Å². The monoisotopic (exact) mass is 413 g/mol. The zero-order chi connectivity index (χ0) is 21.3. The molecule has 3 rings (SSSR count). The van der Waals surface area contributed by atoms with Gasteiger partial charge in [-0.3, -0.25) is 4.79 Å². The van der Waals surface area contributed by atoms with Gasteiger partial charge < -0.3 is 24.2 Å². The molecule has 0 radical (unpaired) electrons. The Morgan fingerprint density at radius 3 is 2.73 bits per heavy atom. The van der Waals surface area contributed by atoms with Crippen LogP contribution in [0.1, 0.15) is 41.8 Å². The number of aryl methyl sites for hydroxylation is 2. The number of hydrogen-bond donors (Lipinski definition) is 1. The fourth-order valence-corrected chi connectivity index (χ4v) is 3.52. The second kappa shape index (κ2) is 10.8. The Hall–Kier alpha value is -2.80. The molecule has 0 aliphatic carbocycles. The van der Waals surface area contributed by atoms with E-state index in [-0.39, 0.29) is 5.91 Å². The highest BCUT2D eigenvalue weighted by molar-refractivity contribution is 5.91. The van der Waals surface area contributed by atoms with Gasteiger partial charge in [-0.25, -0.2) is 0 Å². The van der Waals surface area contributed by atoms with Crippen LogP contribution in [0.4, 0.5) is 0 Å². The highest BCUT2D eigenvalue weighted by atomic mass is 16.5. The van der Waals surface area contributed by atoms with Crippen molar-refractivity contribution in [2.24, 2.45) is 0 Å². The van der Waals surface area contributed by atoms with E-state index in [1.165, 1.54) is 19.3 Å². The number of benzene rings is 1. The number of rotatable bonds is 9. The van der Waals surface area contributed by atoms with Gasteiger partial charge in [0.25, 0.3) is 0 Å². The molecular weight excluding hydrogens is 382 g/mol. The summed E-state index contributed by atoms with van der Waals surface area (Å²) in [6, 6.07) is 5.58. The van der Waals surface area contributed by atoms with E-state index >= 15 is 0 Å².